The van der Waals surface area contributed by atoms with Gasteiger partial charge < -0.3 is 10.1 Å². The minimum absolute atomic E-state index is 0.164. The maximum Gasteiger partial charge on any atom is 0.178 e. The number of nitrogens with one attached hydrogen (secondary N) is 1. The minimum atomic E-state index is -3.20. The Morgan fingerprint density at radius 3 is 2.42 bits per heavy atom. The van der Waals surface area contributed by atoms with Crippen molar-refractivity contribution < 1.29 is 13.2 Å². The van der Waals surface area contributed by atoms with Crippen molar-refractivity contribution in [3.8, 4) is 5.75 Å². The van der Waals surface area contributed by atoms with Crippen molar-refractivity contribution in [1.82, 2.24) is 5.32 Å². The third kappa shape index (κ3) is 5.20. The standard InChI is InChI=1S/C14H23NO3S/c1-4-10-15-12(2)9-11-19(16,17)14-7-5-13(18-3)6-8-14/h5-8,12,15H,4,9-11H2,1-3H3. The first-order valence-corrected chi connectivity index (χ1v) is 8.25. The molecule has 1 atom stereocenters. The van der Waals surface area contributed by atoms with Crippen LogP contribution in [0, 0.1) is 0 Å². The first-order chi connectivity index (χ1) is 8.99. The second-order valence-electron chi connectivity index (χ2n) is 4.64. The summed E-state index contributed by atoms with van der Waals surface area (Å²) in [5, 5.41) is 3.29. The molecule has 0 fully saturated rings. The van der Waals surface area contributed by atoms with E-state index in [4.69, 9.17) is 4.74 Å². The molecule has 0 radical (unpaired) electrons. The van der Waals surface area contributed by atoms with Gasteiger partial charge in [0.2, 0.25) is 0 Å². The van der Waals surface area contributed by atoms with Crippen LogP contribution in [0.1, 0.15) is 26.7 Å². The molecule has 0 aromatic heterocycles. The van der Waals surface area contributed by atoms with Crippen LogP contribution in [0.25, 0.3) is 0 Å². The molecule has 4 nitrogen and oxygen atoms in total. The molecule has 1 aromatic carbocycles. The van der Waals surface area contributed by atoms with E-state index in [2.05, 4.69) is 12.2 Å². The van der Waals surface area contributed by atoms with E-state index in [1.54, 1.807) is 31.4 Å². The summed E-state index contributed by atoms with van der Waals surface area (Å²) in [6.45, 7) is 5.02. The molecule has 0 aliphatic heterocycles. The van der Waals surface area contributed by atoms with Gasteiger partial charge in [0.15, 0.2) is 9.84 Å². The van der Waals surface area contributed by atoms with E-state index in [0.29, 0.717) is 17.1 Å². The van der Waals surface area contributed by atoms with E-state index in [0.717, 1.165) is 13.0 Å². The van der Waals surface area contributed by atoms with Gasteiger partial charge in [-0.15, -0.1) is 0 Å². The SMILES string of the molecule is CCCNC(C)CCS(=O)(=O)c1ccc(OC)cc1. The van der Waals surface area contributed by atoms with E-state index in [-0.39, 0.29) is 11.8 Å². The van der Waals surface area contributed by atoms with Crippen LogP contribution in [0.4, 0.5) is 0 Å². The molecule has 5 heteroatoms. The number of hydrogen-bond donors (Lipinski definition) is 1. The highest BCUT2D eigenvalue weighted by molar-refractivity contribution is 7.91. The largest absolute Gasteiger partial charge is 0.497 e. The van der Waals surface area contributed by atoms with E-state index in [9.17, 15) is 8.42 Å². The van der Waals surface area contributed by atoms with Gasteiger partial charge in [-0.2, -0.15) is 0 Å². The van der Waals surface area contributed by atoms with Crippen molar-refractivity contribution in [2.45, 2.75) is 37.6 Å². The van der Waals surface area contributed by atoms with E-state index in [1.807, 2.05) is 6.92 Å². The van der Waals surface area contributed by atoms with E-state index >= 15 is 0 Å². The topological polar surface area (TPSA) is 55.4 Å². The molecule has 1 N–H and O–H groups in total. The molecule has 0 aliphatic rings. The van der Waals surface area contributed by atoms with Crippen LogP contribution in [0.2, 0.25) is 0 Å². The van der Waals surface area contributed by atoms with Gasteiger partial charge in [0, 0.05) is 6.04 Å². The van der Waals surface area contributed by atoms with E-state index < -0.39 is 9.84 Å². The second-order valence-corrected chi connectivity index (χ2v) is 6.75. The van der Waals surface area contributed by atoms with Crippen molar-refractivity contribution >= 4 is 9.84 Å². The summed E-state index contributed by atoms with van der Waals surface area (Å²) in [7, 11) is -1.64. The highest BCUT2D eigenvalue weighted by atomic mass is 32.2. The summed E-state index contributed by atoms with van der Waals surface area (Å²) in [6, 6.07) is 6.75. The molecule has 0 aliphatic carbocycles. The van der Waals surface area contributed by atoms with Crippen molar-refractivity contribution in [3.63, 3.8) is 0 Å². The Labute approximate surface area is 116 Å². The van der Waals surface area contributed by atoms with Crippen LogP contribution >= 0.6 is 0 Å². The molecule has 1 aromatic rings. The number of methoxy groups -OCH3 is 1. The fourth-order valence-electron chi connectivity index (χ4n) is 1.73. The Morgan fingerprint density at radius 2 is 1.89 bits per heavy atom. The fourth-order valence-corrected chi connectivity index (χ4v) is 3.18. The van der Waals surface area contributed by atoms with Crippen LogP contribution in [-0.4, -0.2) is 33.9 Å². The number of benzene rings is 1. The zero-order chi connectivity index (χ0) is 14.3. The lowest BCUT2D eigenvalue weighted by Crippen LogP contribution is -2.28. The highest BCUT2D eigenvalue weighted by Gasteiger charge is 2.15. The zero-order valence-electron chi connectivity index (χ0n) is 11.8. The van der Waals surface area contributed by atoms with Crippen molar-refractivity contribution in [2.24, 2.45) is 0 Å². The summed E-state index contributed by atoms with van der Waals surface area (Å²) in [6.07, 6.45) is 1.67. The zero-order valence-corrected chi connectivity index (χ0v) is 12.7. The van der Waals surface area contributed by atoms with Gasteiger partial charge in [0.05, 0.1) is 17.8 Å². The number of rotatable bonds is 8. The Kier molecular flexibility index (Phi) is 6.31. The maximum absolute atomic E-state index is 12.1. The lowest BCUT2D eigenvalue weighted by molar-refractivity contribution is 0.414. The van der Waals surface area contributed by atoms with Crippen molar-refractivity contribution in [1.29, 1.82) is 0 Å². The molecular weight excluding hydrogens is 262 g/mol. The van der Waals surface area contributed by atoms with Crippen LogP contribution in [0.5, 0.6) is 5.75 Å². The molecule has 0 saturated heterocycles. The van der Waals surface area contributed by atoms with Gasteiger partial charge in [-0.25, -0.2) is 8.42 Å². The summed E-state index contributed by atoms with van der Waals surface area (Å²) in [5.74, 6) is 0.828. The highest BCUT2D eigenvalue weighted by Crippen LogP contribution is 2.17. The summed E-state index contributed by atoms with van der Waals surface area (Å²) < 4.78 is 29.3. The third-order valence-electron chi connectivity index (χ3n) is 2.98. The number of hydrogen-bond acceptors (Lipinski definition) is 4. The van der Waals surface area contributed by atoms with Gasteiger partial charge in [-0.05, 0) is 50.6 Å². The average Bonchev–Trinajstić information content (AvgIpc) is 2.43. The van der Waals surface area contributed by atoms with Crippen LogP contribution < -0.4 is 10.1 Å². The van der Waals surface area contributed by atoms with Crippen LogP contribution in [0.3, 0.4) is 0 Å². The molecule has 0 heterocycles. The Bertz CT molecular complexity index is 468. The molecule has 1 rings (SSSR count). The van der Waals surface area contributed by atoms with E-state index in [1.165, 1.54) is 0 Å². The van der Waals surface area contributed by atoms with Crippen molar-refractivity contribution in [2.75, 3.05) is 19.4 Å². The molecular formula is C14H23NO3S. The van der Waals surface area contributed by atoms with Crippen molar-refractivity contribution in [3.05, 3.63) is 24.3 Å². The second kappa shape index (κ2) is 7.50. The van der Waals surface area contributed by atoms with Gasteiger partial charge in [-0.1, -0.05) is 6.92 Å². The first-order valence-electron chi connectivity index (χ1n) is 6.59. The predicted octanol–water partition coefficient (Wildman–Crippen LogP) is 2.25. The summed E-state index contributed by atoms with van der Waals surface area (Å²) in [5.41, 5.74) is 0. The van der Waals surface area contributed by atoms with Gasteiger partial charge in [0.25, 0.3) is 0 Å². The molecule has 0 bridgehead atoms. The Morgan fingerprint density at radius 1 is 1.26 bits per heavy atom. The Hall–Kier alpha value is -1.07. The Balaban J connectivity index is 2.59. The lowest BCUT2D eigenvalue weighted by Gasteiger charge is -2.13. The van der Waals surface area contributed by atoms with Gasteiger partial charge in [-0.3, -0.25) is 0 Å². The summed E-state index contributed by atoms with van der Waals surface area (Å²) in [4.78, 5) is 0.357. The summed E-state index contributed by atoms with van der Waals surface area (Å²) >= 11 is 0. The quantitative estimate of drug-likeness (QED) is 0.796. The number of sulfone groups is 1. The maximum atomic E-state index is 12.1. The molecule has 0 spiro atoms. The normalized spacial score (nSPS) is 13.2. The minimum Gasteiger partial charge on any atom is -0.497 e. The van der Waals surface area contributed by atoms with Crippen LogP contribution in [-0.2, 0) is 9.84 Å². The molecule has 1 unspecified atom stereocenters. The van der Waals surface area contributed by atoms with Gasteiger partial charge in [0.1, 0.15) is 5.75 Å². The molecule has 0 amide bonds. The molecule has 19 heavy (non-hydrogen) atoms. The smallest absolute Gasteiger partial charge is 0.178 e. The molecule has 0 saturated carbocycles. The average molecular weight is 285 g/mol. The predicted molar refractivity (Wildman–Crippen MR) is 77.4 cm³/mol. The van der Waals surface area contributed by atoms with Gasteiger partial charge >= 0.3 is 0 Å². The van der Waals surface area contributed by atoms with Crippen LogP contribution in [0.15, 0.2) is 29.2 Å². The number of ether oxygens (including phenoxy) is 1. The third-order valence-corrected chi connectivity index (χ3v) is 4.74. The monoisotopic (exact) mass is 285 g/mol. The molecule has 108 valence electrons. The first kappa shape index (κ1) is 16.0. The fraction of sp³-hybridized carbons (Fsp3) is 0.571. The lowest BCUT2D eigenvalue weighted by atomic mass is 10.2.